The van der Waals surface area contributed by atoms with E-state index in [9.17, 15) is 0 Å². The van der Waals surface area contributed by atoms with Crippen molar-refractivity contribution in [2.45, 2.75) is 0 Å². The average molecular weight is 201 g/mol. The molecule has 0 rings (SSSR count). The van der Waals surface area contributed by atoms with Crippen LogP contribution in [0, 0.1) is 10.1 Å². The molecule has 0 heterocycles. The van der Waals surface area contributed by atoms with Gasteiger partial charge in [0.15, 0.2) is 0 Å². The first-order valence-electron chi connectivity index (χ1n) is 0.748. The third-order valence-electron chi connectivity index (χ3n) is 0. The van der Waals surface area contributed by atoms with Crippen molar-refractivity contribution in [3.05, 3.63) is 10.1 Å². The van der Waals surface area contributed by atoms with Gasteiger partial charge in [0.1, 0.15) is 0 Å². The molecule has 0 atom stereocenters. The molecule has 0 saturated carbocycles. The molecule has 0 saturated heterocycles. The van der Waals surface area contributed by atoms with E-state index in [0.29, 0.717) is 23.0 Å². The molecule has 0 spiro atoms. The fourth-order valence-electron chi connectivity index (χ4n) is 0. The van der Waals surface area contributed by atoms with Gasteiger partial charge in [0, 0.05) is 0 Å². The monoisotopic (exact) mass is 200 g/mol. The van der Waals surface area contributed by atoms with E-state index in [1.807, 2.05) is 0 Å². The van der Waals surface area contributed by atoms with Gasteiger partial charge in [-0.2, -0.15) is 0 Å². The van der Waals surface area contributed by atoms with Crippen LogP contribution in [0.2, 0.25) is 0 Å². The molecule has 0 unspecified atom stereocenters. The molecule has 0 aromatic carbocycles. The van der Waals surface area contributed by atoms with Crippen molar-refractivity contribution >= 4 is 23.0 Å². The van der Waals surface area contributed by atoms with Gasteiger partial charge in [0.25, 0.3) is 5.09 Å². The van der Waals surface area contributed by atoms with Crippen molar-refractivity contribution in [1.29, 1.82) is 0 Å². The normalized spacial score (nSPS) is 4.67. The molecule has 1 N–H and O–H groups in total. The fraction of sp³-hybridized carbons (Fsp3) is 0. The van der Waals surface area contributed by atoms with Gasteiger partial charge in [-0.05, 0) is 0 Å². The van der Waals surface area contributed by atoms with Gasteiger partial charge in [-0.3, -0.25) is 0 Å². The molecule has 35 valence electrons. The third-order valence-corrected chi connectivity index (χ3v) is 0. The summed E-state index contributed by atoms with van der Waals surface area (Å²) >= 11 is 0.500. The van der Waals surface area contributed by atoms with Crippen LogP contribution in [0.25, 0.3) is 0 Å². The van der Waals surface area contributed by atoms with Crippen molar-refractivity contribution in [1.82, 2.24) is 0 Å². The first-order chi connectivity index (χ1) is 2.73. The maximum absolute atomic E-state index is 8.36. The van der Waals surface area contributed by atoms with Crippen LogP contribution in [0.1, 0.15) is 0 Å². The molecule has 6 heavy (non-hydrogen) atoms. The van der Waals surface area contributed by atoms with Gasteiger partial charge < -0.3 is 5.21 Å². The van der Waals surface area contributed by atoms with E-state index in [1.165, 1.54) is 0 Å². The molecule has 0 amide bonds. The summed E-state index contributed by atoms with van der Waals surface area (Å²) in [6, 6.07) is 0. The van der Waals surface area contributed by atoms with E-state index in [0.717, 1.165) is 0 Å². The fourth-order valence-corrected chi connectivity index (χ4v) is 0. The summed E-state index contributed by atoms with van der Waals surface area (Å²) in [5, 5.41) is 13.6. The second-order valence-corrected chi connectivity index (χ2v) is 0.238. The SMILES string of the molecule is O=[N+]([O-])O.[O]=[Sb]. The molecular weight excluding hydrogens is 200 g/mol. The quantitative estimate of drug-likeness (QED) is 0.314. The van der Waals surface area contributed by atoms with Gasteiger partial charge in [-0.15, -0.1) is 10.1 Å². The number of rotatable bonds is 0. The van der Waals surface area contributed by atoms with Crippen LogP contribution in [0.3, 0.4) is 0 Å². The van der Waals surface area contributed by atoms with Crippen LogP contribution in [0.4, 0.5) is 0 Å². The molecular formula is HNO4Sb. The van der Waals surface area contributed by atoms with Crippen molar-refractivity contribution in [3.8, 4) is 0 Å². The second-order valence-electron chi connectivity index (χ2n) is 0.238. The standard InChI is InChI=1S/HNO3.O.Sb/c2-1(3)4;;/h(H,2,3,4);;. The topological polar surface area (TPSA) is 80.4 Å². The Balaban J connectivity index is 0. The summed E-state index contributed by atoms with van der Waals surface area (Å²) in [5.74, 6) is 0. The summed E-state index contributed by atoms with van der Waals surface area (Å²) < 4.78 is 8.30. The van der Waals surface area contributed by atoms with Crippen molar-refractivity contribution in [2.24, 2.45) is 0 Å². The third kappa shape index (κ3) is 917. The van der Waals surface area contributed by atoms with Gasteiger partial charge in [0.05, 0.1) is 0 Å². The second kappa shape index (κ2) is 8.84. The molecule has 6 heteroatoms. The van der Waals surface area contributed by atoms with Gasteiger partial charge in [-0.25, -0.2) is 0 Å². The van der Waals surface area contributed by atoms with Gasteiger partial charge in [-0.1, -0.05) is 0 Å². The number of hydrogen-bond acceptors (Lipinski definition) is 3. The molecule has 1 radical (unpaired) electrons. The average Bonchev–Trinajstić information content (AvgIpc) is 1.41. The Morgan fingerprint density at radius 2 is 1.67 bits per heavy atom. The Morgan fingerprint density at radius 3 is 1.67 bits per heavy atom. The molecule has 0 aliphatic rings. The zero-order valence-electron chi connectivity index (χ0n) is 2.57. The maximum atomic E-state index is 8.36. The Labute approximate surface area is 47.0 Å². The zero-order chi connectivity index (χ0) is 5.58. The molecule has 0 aliphatic heterocycles. The summed E-state index contributed by atoms with van der Waals surface area (Å²) in [4.78, 5) is 8.36. The Bertz CT molecular complexity index is 38.8. The van der Waals surface area contributed by atoms with Crippen molar-refractivity contribution < 1.29 is 13.3 Å². The van der Waals surface area contributed by atoms with Gasteiger partial charge >= 0.3 is 26.0 Å². The molecule has 0 aromatic rings. The van der Waals surface area contributed by atoms with Crippen LogP contribution in [-0.2, 0) is 3.02 Å². The van der Waals surface area contributed by atoms with Crippen LogP contribution in [0.15, 0.2) is 0 Å². The van der Waals surface area contributed by atoms with E-state index < -0.39 is 5.09 Å². The van der Waals surface area contributed by atoms with E-state index in [2.05, 4.69) is 0 Å². The van der Waals surface area contributed by atoms with Crippen molar-refractivity contribution in [2.75, 3.05) is 0 Å². The summed E-state index contributed by atoms with van der Waals surface area (Å²) in [6.45, 7) is 0. The predicted octanol–water partition coefficient (Wildman–Crippen LogP) is -0.847. The van der Waals surface area contributed by atoms with E-state index >= 15 is 0 Å². The Hall–Kier alpha value is -0.182. The molecule has 0 fully saturated rings. The van der Waals surface area contributed by atoms with Gasteiger partial charge in [0.2, 0.25) is 0 Å². The van der Waals surface area contributed by atoms with Crippen LogP contribution in [0.5, 0.6) is 0 Å². The van der Waals surface area contributed by atoms with E-state index in [-0.39, 0.29) is 0 Å². The minimum atomic E-state index is -1.50. The zero-order valence-corrected chi connectivity index (χ0v) is 5.12. The van der Waals surface area contributed by atoms with Crippen LogP contribution in [-0.4, -0.2) is 33.3 Å². The molecule has 0 aliphatic carbocycles. The molecule has 0 bridgehead atoms. The Morgan fingerprint density at radius 1 is 1.67 bits per heavy atom. The predicted molar refractivity (Wildman–Crippen MR) is 15.2 cm³/mol. The Kier molecular flexibility index (Phi) is 13.7. The molecule has 0 aromatic heterocycles. The summed E-state index contributed by atoms with van der Waals surface area (Å²) in [7, 11) is 0. The number of hydrogen-bond donors (Lipinski definition) is 1. The molecule has 5 nitrogen and oxygen atoms in total. The minimum absolute atomic E-state index is 0.500. The first kappa shape index (κ1) is 9.26. The van der Waals surface area contributed by atoms with E-state index in [4.69, 9.17) is 18.3 Å². The van der Waals surface area contributed by atoms with Crippen molar-refractivity contribution in [3.63, 3.8) is 0 Å². The van der Waals surface area contributed by atoms with Crippen LogP contribution < -0.4 is 0 Å². The van der Waals surface area contributed by atoms with E-state index in [1.54, 1.807) is 0 Å². The summed E-state index contributed by atoms with van der Waals surface area (Å²) in [6.07, 6.45) is 0. The number of nitrogens with zero attached hydrogens (tertiary/aromatic N) is 1. The van der Waals surface area contributed by atoms with Crippen LogP contribution >= 0.6 is 0 Å². The summed E-state index contributed by atoms with van der Waals surface area (Å²) in [5.41, 5.74) is 0. The first-order valence-corrected chi connectivity index (χ1v) is 1.79.